The average molecular weight is 395 g/mol. The van der Waals surface area contributed by atoms with E-state index in [9.17, 15) is 14.4 Å². The Morgan fingerprint density at radius 1 is 1.07 bits per heavy atom. The summed E-state index contributed by atoms with van der Waals surface area (Å²) in [4.78, 5) is 36.6. The monoisotopic (exact) mass is 395 g/mol. The molecule has 1 fully saturated rings. The van der Waals surface area contributed by atoms with Crippen molar-refractivity contribution in [2.24, 2.45) is 5.92 Å². The maximum Gasteiger partial charge on any atom is 0.255 e. The van der Waals surface area contributed by atoms with Gasteiger partial charge in [-0.25, -0.2) is 0 Å². The minimum Gasteiger partial charge on any atom is -0.493 e. The van der Waals surface area contributed by atoms with Crippen LogP contribution in [0.3, 0.4) is 0 Å². The third-order valence-corrected chi connectivity index (χ3v) is 4.57. The van der Waals surface area contributed by atoms with Crippen molar-refractivity contribution in [1.29, 1.82) is 0 Å². The molecule has 29 heavy (non-hydrogen) atoms. The summed E-state index contributed by atoms with van der Waals surface area (Å²) < 4.78 is 5.45. The quantitative estimate of drug-likeness (QED) is 0.640. The maximum absolute atomic E-state index is 12.4. The van der Waals surface area contributed by atoms with Crippen LogP contribution in [0.15, 0.2) is 42.5 Å². The van der Waals surface area contributed by atoms with Gasteiger partial charge in [0.2, 0.25) is 11.8 Å². The zero-order valence-corrected chi connectivity index (χ0v) is 16.6. The van der Waals surface area contributed by atoms with E-state index in [1.807, 2.05) is 19.9 Å². The largest absolute Gasteiger partial charge is 0.493 e. The van der Waals surface area contributed by atoms with Gasteiger partial charge in [0.05, 0.1) is 18.7 Å². The molecule has 7 heteroatoms. The van der Waals surface area contributed by atoms with E-state index in [1.165, 1.54) is 0 Å². The zero-order chi connectivity index (χ0) is 20.8. The highest BCUT2D eigenvalue weighted by atomic mass is 16.5. The molecule has 152 valence electrons. The summed E-state index contributed by atoms with van der Waals surface area (Å²) in [5.74, 6) is -0.161. The third kappa shape index (κ3) is 5.57. The van der Waals surface area contributed by atoms with Gasteiger partial charge in [0, 0.05) is 17.3 Å². The molecule has 3 rings (SSSR count). The normalized spacial score (nSPS) is 12.8. The predicted octanol–water partition coefficient (Wildman–Crippen LogP) is 3.11. The number of rotatable bonds is 8. The summed E-state index contributed by atoms with van der Waals surface area (Å²) in [6, 6.07) is 12.2. The van der Waals surface area contributed by atoms with Gasteiger partial charge in [-0.3, -0.25) is 14.4 Å². The molecule has 0 unspecified atom stereocenters. The lowest BCUT2D eigenvalue weighted by atomic mass is 10.1. The van der Waals surface area contributed by atoms with Crippen LogP contribution >= 0.6 is 0 Å². The van der Waals surface area contributed by atoms with Crippen LogP contribution < -0.4 is 20.7 Å². The van der Waals surface area contributed by atoms with E-state index in [0.29, 0.717) is 29.3 Å². The number of anilines is 2. The second-order valence-corrected chi connectivity index (χ2v) is 6.95. The van der Waals surface area contributed by atoms with Crippen LogP contribution in [-0.2, 0) is 9.59 Å². The Morgan fingerprint density at radius 3 is 2.55 bits per heavy atom. The molecule has 1 aliphatic carbocycles. The topological polar surface area (TPSA) is 96.5 Å². The van der Waals surface area contributed by atoms with Crippen molar-refractivity contribution in [1.82, 2.24) is 5.32 Å². The summed E-state index contributed by atoms with van der Waals surface area (Å²) >= 11 is 0. The molecule has 1 saturated carbocycles. The molecular weight excluding hydrogens is 370 g/mol. The molecule has 0 heterocycles. The van der Waals surface area contributed by atoms with Crippen molar-refractivity contribution in [3.63, 3.8) is 0 Å². The smallest absolute Gasteiger partial charge is 0.255 e. The molecule has 7 nitrogen and oxygen atoms in total. The van der Waals surface area contributed by atoms with E-state index in [0.717, 1.165) is 18.4 Å². The van der Waals surface area contributed by atoms with E-state index in [1.54, 1.807) is 36.4 Å². The molecule has 2 aromatic rings. The molecule has 0 aliphatic heterocycles. The van der Waals surface area contributed by atoms with Crippen molar-refractivity contribution in [2.75, 3.05) is 23.8 Å². The third-order valence-electron chi connectivity index (χ3n) is 4.57. The number of amides is 3. The summed E-state index contributed by atoms with van der Waals surface area (Å²) in [5, 5.41) is 8.25. The van der Waals surface area contributed by atoms with Gasteiger partial charge in [-0.15, -0.1) is 0 Å². The van der Waals surface area contributed by atoms with Crippen LogP contribution in [0.4, 0.5) is 11.4 Å². The fourth-order valence-electron chi connectivity index (χ4n) is 2.81. The Kier molecular flexibility index (Phi) is 6.49. The standard InChI is InChI=1S/C22H25N3O4/c1-3-29-19-7-5-4-6-17(19)22(28)23-13-20(26)25-18-12-16(11-8-14(18)2)24-21(27)15-9-10-15/h4-8,11-12,15H,3,9-10,13H2,1-2H3,(H,23,28)(H,24,27)(H,25,26). The van der Waals surface area contributed by atoms with Gasteiger partial charge in [0.25, 0.3) is 5.91 Å². The van der Waals surface area contributed by atoms with Gasteiger partial charge in [-0.05, 0) is 56.5 Å². The van der Waals surface area contributed by atoms with Crippen molar-refractivity contribution in [3.8, 4) is 5.75 Å². The summed E-state index contributed by atoms with van der Waals surface area (Å²) in [6.45, 7) is 3.96. The van der Waals surface area contributed by atoms with Gasteiger partial charge in [-0.1, -0.05) is 18.2 Å². The first-order valence-corrected chi connectivity index (χ1v) is 9.69. The first-order valence-electron chi connectivity index (χ1n) is 9.69. The Bertz CT molecular complexity index is 922. The Labute approximate surface area is 169 Å². The second-order valence-electron chi connectivity index (χ2n) is 6.95. The molecule has 0 aromatic heterocycles. The van der Waals surface area contributed by atoms with Crippen LogP contribution in [0.2, 0.25) is 0 Å². The molecule has 3 amide bonds. The lowest BCUT2D eigenvalue weighted by molar-refractivity contribution is -0.117. The maximum atomic E-state index is 12.4. The fraction of sp³-hybridized carbons (Fsp3) is 0.318. The predicted molar refractivity (Wildman–Crippen MR) is 111 cm³/mol. The minimum atomic E-state index is -0.383. The second kappa shape index (κ2) is 9.23. The average Bonchev–Trinajstić information content (AvgIpc) is 3.55. The molecular formula is C22H25N3O4. The molecule has 0 bridgehead atoms. The van der Waals surface area contributed by atoms with E-state index < -0.39 is 0 Å². The lowest BCUT2D eigenvalue weighted by Crippen LogP contribution is -2.33. The van der Waals surface area contributed by atoms with Crippen molar-refractivity contribution in [2.45, 2.75) is 26.7 Å². The first-order chi connectivity index (χ1) is 14.0. The fourth-order valence-corrected chi connectivity index (χ4v) is 2.81. The van der Waals surface area contributed by atoms with Crippen LogP contribution in [0.5, 0.6) is 5.75 Å². The van der Waals surface area contributed by atoms with Gasteiger partial charge in [-0.2, -0.15) is 0 Å². The number of hydrogen-bond donors (Lipinski definition) is 3. The molecule has 3 N–H and O–H groups in total. The Morgan fingerprint density at radius 2 is 1.83 bits per heavy atom. The molecule has 0 atom stereocenters. The summed E-state index contributed by atoms with van der Waals surface area (Å²) in [6.07, 6.45) is 1.85. The number of nitrogens with one attached hydrogen (secondary N) is 3. The van der Waals surface area contributed by atoms with Gasteiger partial charge >= 0.3 is 0 Å². The summed E-state index contributed by atoms with van der Waals surface area (Å²) in [7, 11) is 0. The van der Waals surface area contributed by atoms with E-state index in [4.69, 9.17) is 4.74 Å². The first kappa shape index (κ1) is 20.4. The Hall–Kier alpha value is -3.35. The number of ether oxygens (including phenoxy) is 1. The molecule has 2 aromatic carbocycles. The van der Waals surface area contributed by atoms with Crippen molar-refractivity contribution < 1.29 is 19.1 Å². The molecule has 0 radical (unpaired) electrons. The minimum absolute atomic E-state index is 0.00589. The molecule has 0 spiro atoms. The van der Waals surface area contributed by atoms with E-state index in [2.05, 4.69) is 16.0 Å². The number of carbonyl (C=O) groups is 3. The van der Waals surface area contributed by atoms with Crippen LogP contribution in [0, 0.1) is 12.8 Å². The van der Waals surface area contributed by atoms with Crippen LogP contribution in [0.25, 0.3) is 0 Å². The number of hydrogen-bond acceptors (Lipinski definition) is 4. The number of aryl methyl sites for hydroxylation is 1. The van der Waals surface area contributed by atoms with E-state index >= 15 is 0 Å². The highest BCUT2D eigenvalue weighted by molar-refractivity contribution is 6.01. The zero-order valence-electron chi connectivity index (χ0n) is 16.6. The Balaban J connectivity index is 1.58. The highest BCUT2D eigenvalue weighted by Gasteiger charge is 2.29. The van der Waals surface area contributed by atoms with Gasteiger partial charge in [0.1, 0.15) is 5.75 Å². The van der Waals surface area contributed by atoms with Crippen molar-refractivity contribution >= 4 is 29.1 Å². The summed E-state index contributed by atoms with van der Waals surface area (Å²) in [5.41, 5.74) is 2.46. The lowest BCUT2D eigenvalue weighted by Gasteiger charge is -2.13. The number of carbonyl (C=O) groups excluding carboxylic acids is 3. The number of benzene rings is 2. The molecule has 1 aliphatic rings. The number of para-hydroxylation sites is 1. The van der Waals surface area contributed by atoms with Gasteiger partial charge < -0.3 is 20.7 Å². The van der Waals surface area contributed by atoms with Crippen LogP contribution in [0.1, 0.15) is 35.7 Å². The van der Waals surface area contributed by atoms with Crippen LogP contribution in [-0.4, -0.2) is 30.9 Å². The molecule has 0 saturated heterocycles. The van der Waals surface area contributed by atoms with Gasteiger partial charge in [0.15, 0.2) is 0 Å². The van der Waals surface area contributed by atoms with E-state index in [-0.39, 0.29) is 30.2 Å². The SMILES string of the molecule is CCOc1ccccc1C(=O)NCC(=O)Nc1cc(NC(=O)C2CC2)ccc1C. The van der Waals surface area contributed by atoms with Crippen molar-refractivity contribution in [3.05, 3.63) is 53.6 Å². The highest BCUT2D eigenvalue weighted by Crippen LogP contribution is 2.30.